The van der Waals surface area contributed by atoms with E-state index in [9.17, 15) is 9.90 Å². The van der Waals surface area contributed by atoms with Crippen molar-refractivity contribution in [2.24, 2.45) is 0 Å². The van der Waals surface area contributed by atoms with Crippen molar-refractivity contribution in [2.45, 2.75) is 4.90 Å². The topological polar surface area (TPSA) is 61.4 Å². The van der Waals surface area contributed by atoms with Gasteiger partial charge in [-0.1, -0.05) is 18.2 Å². The highest BCUT2D eigenvalue weighted by Gasteiger charge is 2.07. The second-order valence-electron chi connectivity index (χ2n) is 5.02. The van der Waals surface area contributed by atoms with Crippen LogP contribution < -0.4 is 10.6 Å². The average Bonchev–Trinajstić information content (AvgIpc) is 2.55. The molecule has 116 valence electrons. The first-order valence-corrected chi connectivity index (χ1v) is 8.32. The smallest absolute Gasteiger partial charge is 0.323 e. The van der Waals surface area contributed by atoms with Crippen LogP contribution in [0.4, 0.5) is 16.2 Å². The fraction of sp³-hybridized carbons (Fsp3) is 0.0556. The van der Waals surface area contributed by atoms with Gasteiger partial charge in [0.2, 0.25) is 0 Å². The first-order chi connectivity index (χ1) is 11.2. The summed E-state index contributed by atoms with van der Waals surface area (Å²) < 4.78 is 0. The summed E-state index contributed by atoms with van der Waals surface area (Å²) in [4.78, 5) is 13.3. The number of phenols is 1. The van der Waals surface area contributed by atoms with Gasteiger partial charge in [-0.05, 0) is 54.1 Å². The maximum Gasteiger partial charge on any atom is 0.323 e. The molecule has 0 unspecified atom stereocenters. The Morgan fingerprint density at radius 3 is 2.65 bits per heavy atom. The Kier molecular flexibility index (Phi) is 4.39. The fourth-order valence-corrected chi connectivity index (χ4v) is 2.83. The predicted molar refractivity (Wildman–Crippen MR) is 96.5 cm³/mol. The molecule has 0 aliphatic heterocycles. The molecule has 0 saturated carbocycles. The number of thioether (sulfide) groups is 1. The van der Waals surface area contributed by atoms with Gasteiger partial charge in [-0.2, -0.15) is 0 Å². The second kappa shape index (κ2) is 6.62. The highest BCUT2D eigenvalue weighted by Crippen LogP contribution is 2.27. The lowest BCUT2D eigenvalue weighted by Crippen LogP contribution is -2.19. The fourth-order valence-electron chi connectivity index (χ4n) is 2.37. The van der Waals surface area contributed by atoms with E-state index in [-0.39, 0.29) is 11.8 Å². The molecule has 0 spiro atoms. The summed E-state index contributed by atoms with van der Waals surface area (Å²) in [6.07, 6.45) is 1.99. The van der Waals surface area contributed by atoms with Crippen molar-refractivity contribution >= 4 is 39.9 Å². The molecule has 2 amide bonds. The summed E-state index contributed by atoms with van der Waals surface area (Å²) in [5.74, 6) is 0.202. The molecule has 0 saturated heterocycles. The summed E-state index contributed by atoms with van der Waals surface area (Å²) in [5, 5.41) is 17.0. The number of amides is 2. The van der Waals surface area contributed by atoms with Crippen LogP contribution in [-0.2, 0) is 0 Å². The van der Waals surface area contributed by atoms with Crippen LogP contribution in [0.2, 0.25) is 0 Å². The molecule has 3 rings (SSSR count). The van der Waals surface area contributed by atoms with Crippen molar-refractivity contribution in [2.75, 3.05) is 16.9 Å². The van der Waals surface area contributed by atoms with E-state index in [0.29, 0.717) is 5.69 Å². The van der Waals surface area contributed by atoms with Crippen molar-refractivity contribution in [3.8, 4) is 5.75 Å². The van der Waals surface area contributed by atoms with Gasteiger partial charge < -0.3 is 15.7 Å². The Hall–Kier alpha value is -2.66. The zero-order valence-electron chi connectivity index (χ0n) is 12.5. The molecule has 3 aromatic carbocycles. The van der Waals surface area contributed by atoms with Gasteiger partial charge in [0.15, 0.2) is 0 Å². The van der Waals surface area contributed by atoms with Crippen LogP contribution in [0, 0.1) is 0 Å². The molecule has 0 aliphatic carbocycles. The van der Waals surface area contributed by atoms with Gasteiger partial charge in [-0.15, -0.1) is 11.8 Å². The highest BCUT2D eigenvalue weighted by atomic mass is 32.2. The van der Waals surface area contributed by atoms with E-state index < -0.39 is 0 Å². The minimum absolute atomic E-state index is 0.202. The van der Waals surface area contributed by atoms with Crippen LogP contribution in [0.5, 0.6) is 5.75 Å². The average molecular weight is 324 g/mol. The number of anilines is 2. The lowest BCUT2D eigenvalue weighted by atomic mass is 10.1. The summed E-state index contributed by atoms with van der Waals surface area (Å²) in [6.45, 7) is 0. The van der Waals surface area contributed by atoms with Crippen LogP contribution in [0.25, 0.3) is 10.8 Å². The van der Waals surface area contributed by atoms with E-state index in [1.807, 2.05) is 48.7 Å². The van der Waals surface area contributed by atoms with Gasteiger partial charge in [0.05, 0.1) is 5.69 Å². The first-order valence-electron chi connectivity index (χ1n) is 7.09. The highest BCUT2D eigenvalue weighted by molar-refractivity contribution is 7.98. The van der Waals surface area contributed by atoms with Crippen molar-refractivity contribution in [3.63, 3.8) is 0 Å². The Labute approximate surface area is 138 Å². The zero-order chi connectivity index (χ0) is 16.2. The van der Waals surface area contributed by atoms with Crippen molar-refractivity contribution in [3.05, 3.63) is 60.7 Å². The molecule has 0 heterocycles. The van der Waals surface area contributed by atoms with Crippen LogP contribution in [0.15, 0.2) is 65.6 Å². The lowest BCUT2D eigenvalue weighted by Gasteiger charge is -2.11. The van der Waals surface area contributed by atoms with E-state index in [2.05, 4.69) is 10.6 Å². The van der Waals surface area contributed by atoms with Gasteiger partial charge >= 0.3 is 6.03 Å². The summed E-state index contributed by atoms with van der Waals surface area (Å²) >= 11 is 1.62. The van der Waals surface area contributed by atoms with Gasteiger partial charge in [0.1, 0.15) is 5.75 Å². The summed E-state index contributed by atoms with van der Waals surface area (Å²) in [6, 6.07) is 18.0. The number of carbonyl (C=O) groups excluding carboxylic acids is 1. The molecule has 5 heteroatoms. The van der Waals surface area contributed by atoms with Gasteiger partial charge in [0, 0.05) is 16.0 Å². The standard InChI is InChI=1S/C18H16N2O2S/c1-23-15-6-3-5-13(11-15)19-18(22)20-17-7-2-4-12-10-14(21)8-9-16(12)17/h2-11,21H,1H3,(H2,19,20,22). The minimum atomic E-state index is -0.302. The molecule has 0 bridgehead atoms. The predicted octanol–water partition coefficient (Wildman–Crippen LogP) is 4.91. The second-order valence-corrected chi connectivity index (χ2v) is 5.90. The third-order valence-corrected chi connectivity index (χ3v) is 4.17. The maximum atomic E-state index is 12.2. The van der Waals surface area contributed by atoms with E-state index in [4.69, 9.17) is 0 Å². The van der Waals surface area contributed by atoms with Crippen molar-refractivity contribution in [1.82, 2.24) is 0 Å². The third kappa shape index (κ3) is 3.57. The van der Waals surface area contributed by atoms with E-state index in [1.54, 1.807) is 30.0 Å². The zero-order valence-corrected chi connectivity index (χ0v) is 13.4. The number of phenolic OH excluding ortho intramolecular Hbond substituents is 1. The largest absolute Gasteiger partial charge is 0.508 e. The quantitative estimate of drug-likeness (QED) is 0.600. The molecule has 23 heavy (non-hydrogen) atoms. The van der Waals surface area contributed by atoms with Gasteiger partial charge in [0.25, 0.3) is 0 Å². The lowest BCUT2D eigenvalue weighted by molar-refractivity contribution is 0.262. The number of aromatic hydroxyl groups is 1. The first kappa shape index (κ1) is 15.2. The Balaban J connectivity index is 1.80. The molecule has 3 aromatic rings. The number of nitrogens with one attached hydrogen (secondary N) is 2. The van der Waals surface area contributed by atoms with Gasteiger partial charge in [-0.25, -0.2) is 4.79 Å². The van der Waals surface area contributed by atoms with Crippen molar-refractivity contribution in [1.29, 1.82) is 0 Å². The van der Waals surface area contributed by atoms with Crippen LogP contribution >= 0.6 is 11.8 Å². The SMILES string of the molecule is CSc1cccc(NC(=O)Nc2cccc3cc(O)ccc23)c1. The molecular formula is C18H16N2O2S. The molecule has 0 fully saturated rings. The van der Waals surface area contributed by atoms with Gasteiger partial charge in [-0.3, -0.25) is 0 Å². The number of fused-ring (bicyclic) bond motifs is 1. The normalized spacial score (nSPS) is 10.5. The summed E-state index contributed by atoms with van der Waals surface area (Å²) in [7, 11) is 0. The van der Waals surface area contributed by atoms with Crippen molar-refractivity contribution < 1.29 is 9.90 Å². The number of hydrogen-bond donors (Lipinski definition) is 3. The molecule has 0 radical (unpaired) electrons. The Bertz CT molecular complexity index is 865. The van der Waals surface area contributed by atoms with Crippen LogP contribution in [-0.4, -0.2) is 17.4 Å². The van der Waals surface area contributed by atoms with E-state index in [0.717, 1.165) is 21.4 Å². The van der Waals surface area contributed by atoms with Crippen LogP contribution in [0.1, 0.15) is 0 Å². The number of urea groups is 1. The van der Waals surface area contributed by atoms with E-state index in [1.165, 1.54) is 0 Å². The summed E-state index contributed by atoms with van der Waals surface area (Å²) in [5.41, 5.74) is 1.44. The minimum Gasteiger partial charge on any atom is -0.508 e. The monoisotopic (exact) mass is 324 g/mol. The Morgan fingerprint density at radius 2 is 1.83 bits per heavy atom. The van der Waals surface area contributed by atoms with Crippen LogP contribution in [0.3, 0.4) is 0 Å². The molecule has 4 nitrogen and oxygen atoms in total. The maximum absolute atomic E-state index is 12.2. The third-order valence-electron chi connectivity index (χ3n) is 3.44. The number of hydrogen-bond acceptors (Lipinski definition) is 3. The number of rotatable bonds is 3. The Morgan fingerprint density at radius 1 is 1.00 bits per heavy atom. The van der Waals surface area contributed by atoms with E-state index >= 15 is 0 Å². The molecule has 0 aromatic heterocycles. The molecule has 0 atom stereocenters. The molecule has 3 N–H and O–H groups in total. The number of carbonyl (C=O) groups is 1. The molecular weight excluding hydrogens is 308 g/mol. The molecule has 0 aliphatic rings. The number of benzene rings is 3.